The van der Waals surface area contributed by atoms with Gasteiger partial charge < -0.3 is 10.2 Å². The molecule has 0 aromatic heterocycles. The lowest BCUT2D eigenvalue weighted by molar-refractivity contribution is 0.185. The Morgan fingerprint density at radius 2 is 2.07 bits per heavy atom. The first-order valence-electron chi connectivity index (χ1n) is 5.49. The maximum Gasteiger partial charge on any atom is 0.317 e. The van der Waals surface area contributed by atoms with Crippen molar-refractivity contribution in [3.8, 4) is 0 Å². The van der Waals surface area contributed by atoms with E-state index in [2.05, 4.69) is 5.32 Å². The van der Waals surface area contributed by atoms with Gasteiger partial charge in [0, 0.05) is 19.1 Å². The van der Waals surface area contributed by atoms with Crippen molar-refractivity contribution in [2.45, 2.75) is 32.2 Å². The molecule has 0 bridgehead atoms. The van der Waals surface area contributed by atoms with Crippen LogP contribution in [-0.4, -0.2) is 36.3 Å². The molecule has 2 amide bonds. The molecule has 0 aromatic carbocycles. The Bertz CT molecular complexity index is 225. The first-order chi connectivity index (χ1) is 7.24. The van der Waals surface area contributed by atoms with Crippen LogP contribution in [0.3, 0.4) is 0 Å². The van der Waals surface area contributed by atoms with Crippen molar-refractivity contribution >= 4 is 17.8 Å². The van der Waals surface area contributed by atoms with Crippen LogP contribution in [0.15, 0.2) is 11.5 Å². The van der Waals surface area contributed by atoms with E-state index < -0.39 is 0 Å². The number of likely N-dealkylation sites (tertiary alicyclic amines) is 1. The van der Waals surface area contributed by atoms with Crippen molar-refractivity contribution in [2.24, 2.45) is 0 Å². The zero-order valence-corrected chi connectivity index (χ0v) is 10.3. The van der Waals surface area contributed by atoms with Gasteiger partial charge in [-0.2, -0.15) is 0 Å². The van der Waals surface area contributed by atoms with Crippen LogP contribution >= 0.6 is 11.8 Å². The molecule has 1 heterocycles. The number of rotatable bonds is 3. The average Bonchev–Trinajstić information content (AvgIpc) is 2.27. The van der Waals surface area contributed by atoms with Crippen LogP contribution in [-0.2, 0) is 0 Å². The van der Waals surface area contributed by atoms with Gasteiger partial charge in [0.05, 0.1) is 0 Å². The smallest absolute Gasteiger partial charge is 0.317 e. The van der Waals surface area contributed by atoms with Gasteiger partial charge in [0.2, 0.25) is 0 Å². The molecule has 0 saturated carbocycles. The Morgan fingerprint density at radius 1 is 1.40 bits per heavy atom. The maximum atomic E-state index is 11.7. The van der Waals surface area contributed by atoms with Crippen molar-refractivity contribution in [2.75, 3.05) is 19.3 Å². The topological polar surface area (TPSA) is 32.3 Å². The molecule has 0 aliphatic carbocycles. The van der Waals surface area contributed by atoms with Gasteiger partial charge in [0.1, 0.15) is 0 Å². The molecule has 1 N–H and O–H groups in total. The number of piperidine rings is 1. The first kappa shape index (κ1) is 12.4. The molecule has 1 atom stereocenters. The lowest BCUT2D eigenvalue weighted by Gasteiger charge is -2.27. The molecular weight excluding hydrogens is 208 g/mol. The van der Waals surface area contributed by atoms with Crippen molar-refractivity contribution in [3.05, 3.63) is 11.5 Å². The second-order valence-corrected chi connectivity index (χ2v) is 4.59. The van der Waals surface area contributed by atoms with Gasteiger partial charge in [-0.3, -0.25) is 0 Å². The highest BCUT2D eigenvalue weighted by Crippen LogP contribution is 2.08. The van der Waals surface area contributed by atoms with E-state index in [1.807, 2.05) is 29.6 Å². The van der Waals surface area contributed by atoms with Crippen LogP contribution in [0.1, 0.15) is 26.2 Å². The van der Waals surface area contributed by atoms with Crippen molar-refractivity contribution in [1.82, 2.24) is 10.2 Å². The normalized spacial score (nSPS) is 19.2. The Morgan fingerprint density at radius 3 is 2.67 bits per heavy atom. The number of thioether (sulfide) groups is 1. The van der Waals surface area contributed by atoms with Crippen molar-refractivity contribution < 1.29 is 4.79 Å². The lowest BCUT2D eigenvalue weighted by Crippen LogP contribution is -2.45. The highest BCUT2D eigenvalue weighted by molar-refractivity contribution is 8.01. The standard InChI is InChI=1S/C11H20N2OS/c1-10(6-9-15-2)12-11(14)13-7-4-3-5-8-13/h6,9-10H,3-5,7-8H2,1-2H3,(H,12,14)/b9-6+. The maximum absolute atomic E-state index is 11.7. The predicted octanol–water partition coefficient (Wildman–Crippen LogP) is 2.45. The highest BCUT2D eigenvalue weighted by atomic mass is 32.2. The summed E-state index contributed by atoms with van der Waals surface area (Å²) < 4.78 is 0. The quantitative estimate of drug-likeness (QED) is 0.804. The van der Waals surface area contributed by atoms with E-state index in [9.17, 15) is 4.79 Å². The fourth-order valence-electron chi connectivity index (χ4n) is 1.63. The molecule has 3 nitrogen and oxygen atoms in total. The van der Waals surface area contributed by atoms with Gasteiger partial charge in [-0.1, -0.05) is 6.08 Å². The van der Waals surface area contributed by atoms with Crippen LogP contribution in [0.4, 0.5) is 4.79 Å². The lowest BCUT2D eigenvalue weighted by atomic mass is 10.1. The van der Waals surface area contributed by atoms with E-state index in [-0.39, 0.29) is 12.1 Å². The van der Waals surface area contributed by atoms with Gasteiger partial charge in [-0.15, -0.1) is 11.8 Å². The third-order valence-electron chi connectivity index (χ3n) is 2.50. The van der Waals surface area contributed by atoms with E-state index in [4.69, 9.17) is 0 Å². The summed E-state index contributed by atoms with van der Waals surface area (Å²) in [5.74, 6) is 0. The minimum absolute atomic E-state index is 0.0768. The van der Waals surface area contributed by atoms with E-state index in [0.717, 1.165) is 25.9 Å². The fourth-order valence-corrected chi connectivity index (χ4v) is 2.02. The number of nitrogens with one attached hydrogen (secondary N) is 1. The van der Waals surface area contributed by atoms with Gasteiger partial charge in [-0.05, 0) is 37.9 Å². The molecule has 1 aliphatic rings. The number of nitrogens with zero attached hydrogens (tertiary/aromatic N) is 1. The molecule has 1 fully saturated rings. The summed E-state index contributed by atoms with van der Waals surface area (Å²) in [6.45, 7) is 3.81. The van der Waals surface area contributed by atoms with Crippen LogP contribution < -0.4 is 5.32 Å². The van der Waals surface area contributed by atoms with Gasteiger partial charge in [0.15, 0.2) is 0 Å². The molecule has 0 radical (unpaired) electrons. The van der Waals surface area contributed by atoms with Gasteiger partial charge in [0.25, 0.3) is 0 Å². The predicted molar refractivity (Wildman–Crippen MR) is 66.1 cm³/mol. The van der Waals surface area contributed by atoms with E-state index in [0.29, 0.717) is 0 Å². The molecule has 4 heteroatoms. The number of hydrogen-bond donors (Lipinski definition) is 1. The first-order valence-corrected chi connectivity index (χ1v) is 6.77. The number of carbonyl (C=O) groups is 1. The monoisotopic (exact) mass is 228 g/mol. The Balaban J connectivity index is 2.30. The van der Waals surface area contributed by atoms with Crippen LogP contribution in [0.5, 0.6) is 0 Å². The molecule has 1 unspecified atom stereocenters. The Hall–Kier alpha value is -0.640. The largest absolute Gasteiger partial charge is 0.332 e. The summed E-state index contributed by atoms with van der Waals surface area (Å²) in [7, 11) is 0. The molecule has 0 spiro atoms. The fraction of sp³-hybridized carbons (Fsp3) is 0.727. The van der Waals surface area contributed by atoms with Crippen molar-refractivity contribution in [1.29, 1.82) is 0 Å². The van der Waals surface area contributed by atoms with Crippen LogP contribution in [0.25, 0.3) is 0 Å². The molecule has 86 valence electrons. The third-order valence-corrected chi connectivity index (χ3v) is 2.93. The molecule has 1 rings (SSSR count). The number of amides is 2. The van der Waals surface area contributed by atoms with Gasteiger partial charge in [-0.25, -0.2) is 4.79 Å². The zero-order valence-electron chi connectivity index (χ0n) is 9.53. The minimum Gasteiger partial charge on any atom is -0.332 e. The number of hydrogen-bond acceptors (Lipinski definition) is 2. The number of carbonyl (C=O) groups excluding carboxylic acids is 1. The third kappa shape index (κ3) is 4.60. The average molecular weight is 228 g/mol. The highest BCUT2D eigenvalue weighted by Gasteiger charge is 2.16. The summed E-state index contributed by atoms with van der Waals surface area (Å²) >= 11 is 1.65. The van der Waals surface area contributed by atoms with Crippen LogP contribution in [0, 0.1) is 0 Å². The SMILES string of the molecule is CS/C=C/C(C)NC(=O)N1CCCCC1. The summed E-state index contributed by atoms with van der Waals surface area (Å²) in [5, 5.41) is 4.97. The molecule has 1 saturated heterocycles. The van der Waals surface area contributed by atoms with E-state index in [1.165, 1.54) is 6.42 Å². The van der Waals surface area contributed by atoms with Crippen molar-refractivity contribution in [3.63, 3.8) is 0 Å². The molecule has 1 aliphatic heterocycles. The summed E-state index contributed by atoms with van der Waals surface area (Å²) in [4.78, 5) is 13.7. The molecule has 15 heavy (non-hydrogen) atoms. The minimum atomic E-state index is 0.0768. The second kappa shape index (κ2) is 6.77. The van der Waals surface area contributed by atoms with E-state index in [1.54, 1.807) is 11.8 Å². The Kier molecular flexibility index (Phi) is 5.61. The zero-order chi connectivity index (χ0) is 11.1. The van der Waals surface area contributed by atoms with Gasteiger partial charge >= 0.3 is 6.03 Å². The number of urea groups is 1. The summed E-state index contributed by atoms with van der Waals surface area (Å²) in [6.07, 6.45) is 7.55. The molecular formula is C11H20N2OS. The van der Waals surface area contributed by atoms with E-state index >= 15 is 0 Å². The summed E-state index contributed by atoms with van der Waals surface area (Å²) in [6, 6.07) is 0.194. The summed E-state index contributed by atoms with van der Waals surface area (Å²) in [5.41, 5.74) is 0. The second-order valence-electron chi connectivity index (χ2n) is 3.85. The molecule has 0 aromatic rings. The Labute approximate surface area is 96.3 Å². The van der Waals surface area contributed by atoms with Crippen LogP contribution in [0.2, 0.25) is 0 Å².